The number of halogens is 1. The number of hydrogen-bond acceptors (Lipinski definition) is 8. The SMILES string of the molecule is CCOP(=O)(N1CCN(c2cnn(-c3cccc(Cl)c3)c(=O)c2OCC2(C)CC2)CC1)[N+](=O)[O-]. The van der Waals surface area contributed by atoms with Gasteiger partial charge in [-0.05, 0) is 38.0 Å². The first-order chi connectivity index (χ1) is 16.2. The summed E-state index contributed by atoms with van der Waals surface area (Å²) in [5.41, 5.74) is 0.638. The first-order valence-corrected chi connectivity index (χ1v) is 13.0. The van der Waals surface area contributed by atoms with Crippen molar-refractivity contribution in [2.75, 3.05) is 44.3 Å². The van der Waals surface area contributed by atoms with Crippen LogP contribution in [0.3, 0.4) is 0 Å². The third kappa shape index (κ3) is 4.98. The number of nitrogens with zero attached hydrogens (tertiary/aromatic N) is 5. The smallest absolute Gasteiger partial charge is 0.486 e. The van der Waals surface area contributed by atoms with Crippen LogP contribution in [0.1, 0.15) is 26.7 Å². The minimum Gasteiger partial charge on any atom is -0.486 e. The normalized spacial score (nSPS) is 19.4. The Bertz CT molecular complexity index is 1180. The van der Waals surface area contributed by atoms with Crippen LogP contribution in [0.5, 0.6) is 5.75 Å². The summed E-state index contributed by atoms with van der Waals surface area (Å²) in [5, 5.41) is 16.2. The Balaban J connectivity index is 1.62. The third-order valence-corrected chi connectivity index (χ3v) is 8.45. The summed E-state index contributed by atoms with van der Waals surface area (Å²) < 4.78 is 25.5. The van der Waals surface area contributed by atoms with Gasteiger partial charge in [0.05, 0.1) is 25.1 Å². The molecule has 34 heavy (non-hydrogen) atoms. The van der Waals surface area contributed by atoms with Gasteiger partial charge in [0.15, 0.2) is 0 Å². The molecule has 0 bridgehead atoms. The van der Waals surface area contributed by atoms with Crippen molar-refractivity contribution in [3.63, 3.8) is 0 Å². The highest BCUT2D eigenvalue weighted by atomic mass is 35.5. The highest BCUT2D eigenvalue weighted by Gasteiger charge is 2.47. The first kappa shape index (κ1) is 24.7. The van der Waals surface area contributed by atoms with E-state index in [9.17, 15) is 19.5 Å². The van der Waals surface area contributed by atoms with Gasteiger partial charge in [0.2, 0.25) is 5.75 Å². The van der Waals surface area contributed by atoms with Crippen LogP contribution < -0.4 is 15.2 Å². The van der Waals surface area contributed by atoms with Crippen molar-refractivity contribution in [2.24, 2.45) is 5.41 Å². The summed E-state index contributed by atoms with van der Waals surface area (Å²) in [6.45, 7) is 4.89. The second-order valence-electron chi connectivity index (χ2n) is 8.74. The predicted octanol–water partition coefficient (Wildman–Crippen LogP) is 3.61. The quantitative estimate of drug-likeness (QED) is 0.282. The van der Waals surface area contributed by atoms with Gasteiger partial charge in [0, 0.05) is 36.6 Å². The molecule has 0 amide bonds. The van der Waals surface area contributed by atoms with Crippen molar-refractivity contribution in [2.45, 2.75) is 26.7 Å². The third-order valence-electron chi connectivity index (χ3n) is 6.09. The zero-order chi connectivity index (χ0) is 24.5. The molecule has 11 nitrogen and oxygen atoms in total. The van der Waals surface area contributed by atoms with E-state index in [-0.39, 0.29) is 30.9 Å². The van der Waals surface area contributed by atoms with Gasteiger partial charge in [0.25, 0.3) is 0 Å². The van der Waals surface area contributed by atoms with Gasteiger partial charge in [-0.15, -0.1) is 0 Å². The van der Waals surface area contributed by atoms with Crippen LogP contribution >= 0.6 is 19.3 Å². The lowest BCUT2D eigenvalue weighted by atomic mass is 10.2. The minimum absolute atomic E-state index is 0.0269. The van der Waals surface area contributed by atoms with E-state index in [0.717, 1.165) is 12.8 Å². The van der Waals surface area contributed by atoms with Gasteiger partial charge < -0.3 is 9.64 Å². The monoisotopic (exact) mass is 511 g/mol. The van der Waals surface area contributed by atoms with E-state index in [1.54, 1.807) is 37.4 Å². The summed E-state index contributed by atoms with van der Waals surface area (Å²) in [6.07, 6.45) is 3.61. The average molecular weight is 512 g/mol. The average Bonchev–Trinajstić information content (AvgIpc) is 3.55. The van der Waals surface area contributed by atoms with Crippen LogP contribution in [0, 0.1) is 15.5 Å². The molecule has 2 fully saturated rings. The van der Waals surface area contributed by atoms with Gasteiger partial charge in [-0.3, -0.25) is 19.4 Å². The van der Waals surface area contributed by atoms with E-state index in [4.69, 9.17) is 20.9 Å². The van der Waals surface area contributed by atoms with Crippen molar-refractivity contribution < 1.29 is 18.5 Å². The Morgan fingerprint density at radius 3 is 2.56 bits per heavy atom. The van der Waals surface area contributed by atoms with E-state index in [1.807, 2.05) is 4.90 Å². The second kappa shape index (κ2) is 9.65. The van der Waals surface area contributed by atoms with Crippen LogP contribution in [-0.2, 0) is 9.09 Å². The lowest BCUT2D eigenvalue weighted by molar-refractivity contribution is -0.339. The Kier molecular flexibility index (Phi) is 7.00. The number of benzene rings is 1. The topological polar surface area (TPSA) is 120 Å². The molecule has 1 saturated heterocycles. The van der Waals surface area contributed by atoms with Gasteiger partial charge >= 0.3 is 13.2 Å². The summed E-state index contributed by atoms with van der Waals surface area (Å²) >= 11 is 6.10. The van der Waals surface area contributed by atoms with E-state index in [2.05, 4.69) is 12.0 Å². The van der Waals surface area contributed by atoms with Gasteiger partial charge in [-0.2, -0.15) is 19.0 Å². The highest BCUT2D eigenvalue weighted by Crippen LogP contribution is 2.51. The largest absolute Gasteiger partial charge is 0.593 e. The lowest BCUT2D eigenvalue weighted by Gasteiger charge is -2.35. The number of rotatable bonds is 9. The van der Waals surface area contributed by atoms with Gasteiger partial charge in [0.1, 0.15) is 10.4 Å². The van der Waals surface area contributed by atoms with Crippen LogP contribution in [0.2, 0.25) is 5.02 Å². The fourth-order valence-electron chi connectivity index (χ4n) is 3.78. The molecular formula is C21H27ClN5O6P. The molecule has 1 atom stereocenters. The van der Waals surface area contributed by atoms with Gasteiger partial charge in [-0.25, -0.2) is 0 Å². The number of hydrogen-bond donors (Lipinski definition) is 0. The van der Waals surface area contributed by atoms with Crippen LogP contribution in [0.4, 0.5) is 5.69 Å². The fraction of sp³-hybridized carbons (Fsp3) is 0.524. The number of anilines is 1. The molecule has 0 N–H and O–H groups in total. The molecule has 184 valence electrons. The van der Waals surface area contributed by atoms with Gasteiger partial charge in [-0.1, -0.05) is 24.6 Å². The molecule has 1 saturated carbocycles. The predicted molar refractivity (Wildman–Crippen MR) is 128 cm³/mol. The maximum Gasteiger partial charge on any atom is 0.593 e. The number of piperazine rings is 1. The standard InChI is InChI=1S/C21H27ClN5O6P/c1-3-33-34(31,27(29)30)25-11-9-24(10-12-25)18-14-23-26(17-6-4-5-16(22)13-17)20(28)19(18)32-15-21(2)7-8-21/h4-6,13-14H,3,7-12,15H2,1-2H3. The van der Waals surface area contributed by atoms with E-state index in [0.29, 0.717) is 36.1 Å². The van der Waals surface area contributed by atoms with Crippen LogP contribution in [0.25, 0.3) is 5.69 Å². The van der Waals surface area contributed by atoms with Crippen molar-refractivity contribution in [1.29, 1.82) is 0 Å². The lowest BCUT2D eigenvalue weighted by Crippen LogP contribution is -2.46. The number of nitro groups is 1. The summed E-state index contributed by atoms with van der Waals surface area (Å²) in [6, 6.07) is 6.81. The first-order valence-electron chi connectivity index (χ1n) is 11.1. The molecule has 1 aromatic carbocycles. The Labute approximate surface area is 201 Å². The molecule has 2 aliphatic rings. The number of ether oxygens (including phenoxy) is 1. The molecule has 1 aliphatic carbocycles. The molecule has 4 rings (SSSR count). The Hall–Kier alpha value is -2.46. The van der Waals surface area contributed by atoms with E-state index >= 15 is 0 Å². The minimum atomic E-state index is -4.18. The molecule has 0 radical (unpaired) electrons. The molecule has 2 aromatic rings. The van der Waals surface area contributed by atoms with Crippen LogP contribution in [-0.4, -0.2) is 58.5 Å². The fourth-order valence-corrected chi connectivity index (χ4v) is 5.45. The van der Waals surface area contributed by atoms with E-state index in [1.165, 1.54) is 9.35 Å². The number of aromatic nitrogens is 2. The summed E-state index contributed by atoms with van der Waals surface area (Å²) in [7, 11) is -4.18. The highest BCUT2D eigenvalue weighted by molar-refractivity contribution is 7.49. The zero-order valence-electron chi connectivity index (χ0n) is 19.1. The maximum atomic E-state index is 13.4. The summed E-state index contributed by atoms with van der Waals surface area (Å²) in [5.74, 6) is 0.166. The molecule has 1 aromatic heterocycles. The van der Waals surface area contributed by atoms with Crippen molar-refractivity contribution >= 4 is 25.0 Å². The summed E-state index contributed by atoms with van der Waals surface area (Å²) in [4.78, 5) is 26.7. The van der Waals surface area contributed by atoms with Crippen molar-refractivity contribution in [1.82, 2.24) is 14.5 Å². The maximum absolute atomic E-state index is 13.4. The molecular weight excluding hydrogens is 485 g/mol. The molecule has 1 aliphatic heterocycles. The Morgan fingerprint density at radius 1 is 1.26 bits per heavy atom. The molecule has 2 heterocycles. The Morgan fingerprint density at radius 2 is 1.97 bits per heavy atom. The van der Waals surface area contributed by atoms with Crippen LogP contribution in [0.15, 0.2) is 35.3 Å². The molecule has 13 heteroatoms. The van der Waals surface area contributed by atoms with Crippen molar-refractivity contribution in [3.05, 3.63) is 56.0 Å². The van der Waals surface area contributed by atoms with Crippen molar-refractivity contribution in [3.8, 4) is 11.4 Å². The zero-order valence-corrected chi connectivity index (χ0v) is 20.7. The second-order valence-corrected chi connectivity index (χ2v) is 11.3. The molecule has 0 spiro atoms. The van der Waals surface area contributed by atoms with E-state index < -0.39 is 17.9 Å². The molecule has 1 unspecified atom stereocenters.